The van der Waals surface area contributed by atoms with Gasteiger partial charge in [0.25, 0.3) is 0 Å². The van der Waals surface area contributed by atoms with Crippen LogP contribution >= 0.6 is 11.6 Å². The van der Waals surface area contributed by atoms with Crippen LogP contribution in [0, 0.1) is 11.2 Å². The Morgan fingerprint density at radius 2 is 2.05 bits per heavy atom. The summed E-state index contributed by atoms with van der Waals surface area (Å²) in [5.74, 6) is -0.183. The van der Waals surface area contributed by atoms with Gasteiger partial charge in [-0.25, -0.2) is 4.39 Å². The van der Waals surface area contributed by atoms with Crippen LogP contribution in [0.3, 0.4) is 0 Å². The first-order chi connectivity index (χ1) is 9.13. The van der Waals surface area contributed by atoms with Gasteiger partial charge < -0.3 is 5.32 Å². The zero-order valence-corrected chi connectivity index (χ0v) is 12.6. The molecule has 1 unspecified atom stereocenters. The SMILES string of the molecule is CCC1(C(Cc2c(F)cccc2Cl)NC)CCCC1. The third-order valence-electron chi connectivity index (χ3n) is 4.86. The molecular formula is C16H23ClFN. The van der Waals surface area contributed by atoms with Crippen LogP contribution in [-0.4, -0.2) is 13.1 Å². The van der Waals surface area contributed by atoms with Gasteiger partial charge in [-0.15, -0.1) is 0 Å². The molecule has 0 bridgehead atoms. The van der Waals surface area contributed by atoms with Gasteiger partial charge in [0, 0.05) is 16.6 Å². The molecule has 1 N–H and O–H groups in total. The van der Waals surface area contributed by atoms with Crippen molar-refractivity contribution in [3.8, 4) is 0 Å². The van der Waals surface area contributed by atoms with Crippen molar-refractivity contribution in [3.05, 3.63) is 34.6 Å². The summed E-state index contributed by atoms with van der Waals surface area (Å²) in [6, 6.07) is 5.25. The van der Waals surface area contributed by atoms with Crippen molar-refractivity contribution in [2.24, 2.45) is 5.41 Å². The van der Waals surface area contributed by atoms with Crippen LogP contribution in [0.15, 0.2) is 18.2 Å². The lowest BCUT2D eigenvalue weighted by atomic mass is 9.74. The summed E-state index contributed by atoms with van der Waals surface area (Å²) in [6.45, 7) is 2.25. The van der Waals surface area contributed by atoms with Crippen LogP contribution < -0.4 is 5.32 Å². The fourth-order valence-corrected chi connectivity index (χ4v) is 3.82. The first-order valence-corrected chi connectivity index (χ1v) is 7.61. The monoisotopic (exact) mass is 283 g/mol. The first kappa shape index (κ1) is 14.8. The highest BCUT2D eigenvalue weighted by molar-refractivity contribution is 6.31. The van der Waals surface area contributed by atoms with Crippen molar-refractivity contribution in [1.29, 1.82) is 0 Å². The van der Waals surface area contributed by atoms with Crippen LogP contribution in [0.4, 0.5) is 4.39 Å². The molecule has 3 heteroatoms. The van der Waals surface area contributed by atoms with Crippen molar-refractivity contribution in [1.82, 2.24) is 5.32 Å². The highest BCUT2D eigenvalue weighted by Crippen LogP contribution is 2.45. The Balaban J connectivity index is 2.24. The van der Waals surface area contributed by atoms with E-state index in [9.17, 15) is 4.39 Å². The first-order valence-electron chi connectivity index (χ1n) is 7.23. The normalized spacial score (nSPS) is 19.6. The minimum absolute atomic E-state index is 0.183. The fourth-order valence-electron chi connectivity index (χ4n) is 3.58. The van der Waals surface area contributed by atoms with Gasteiger partial charge in [-0.2, -0.15) is 0 Å². The Labute approximate surface area is 120 Å². The third-order valence-corrected chi connectivity index (χ3v) is 5.22. The van der Waals surface area contributed by atoms with Gasteiger partial charge in [0.05, 0.1) is 0 Å². The molecule has 1 atom stereocenters. The van der Waals surface area contributed by atoms with E-state index < -0.39 is 0 Å². The van der Waals surface area contributed by atoms with Gasteiger partial charge in [-0.1, -0.05) is 37.4 Å². The molecule has 0 aromatic heterocycles. The number of halogens is 2. The third kappa shape index (κ3) is 2.95. The molecule has 0 amide bonds. The molecule has 1 fully saturated rings. The van der Waals surface area contributed by atoms with E-state index in [4.69, 9.17) is 11.6 Å². The van der Waals surface area contributed by atoms with Crippen molar-refractivity contribution < 1.29 is 4.39 Å². The Morgan fingerprint density at radius 3 is 2.58 bits per heavy atom. The fraction of sp³-hybridized carbons (Fsp3) is 0.625. The summed E-state index contributed by atoms with van der Waals surface area (Å²) in [6.07, 6.45) is 6.87. The summed E-state index contributed by atoms with van der Waals surface area (Å²) >= 11 is 6.16. The zero-order valence-electron chi connectivity index (χ0n) is 11.8. The molecule has 0 radical (unpaired) electrons. The summed E-state index contributed by atoms with van der Waals surface area (Å²) in [5, 5.41) is 3.96. The van der Waals surface area contributed by atoms with E-state index in [0.29, 0.717) is 28.5 Å². The Kier molecular flexibility index (Phi) is 4.86. The maximum atomic E-state index is 14.0. The second-order valence-corrected chi connectivity index (χ2v) is 6.08. The number of likely N-dealkylation sites (N-methyl/N-ethyl adjacent to an activating group) is 1. The van der Waals surface area contributed by atoms with E-state index in [-0.39, 0.29) is 5.82 Å². The minimum atomic E-state index is -0.183. The molecule has 1 nitrogen and oxygen atoms in total. The summed E-state index contributed by atoms with van der Waals surface area (Å²) in [4.78, 5) is 0. The average Bonchev–Trinajstić information content (AvgIpc) is 2.88. The molecule has 1 aromatic rings. The van der Waals surface area contributed by atoms with Crippen LogP contribution in [0.5, 0.6) is 0 Å². The highest BCUT2D eigenvalue weighted by atomic mass is 35.5. The van der Waals surface area contributed by atoms with Gasteiger partial charge in [-0.3, -0.25) is 0 Å². The molecule has 2 rings (SSSR count). The van der Waals surface area contributed by atoms with Crippen LogP contribution in [0.1, 0.15) is 44.6 Å². The molecule has 0 saturated heterocycles. The molecule has 0 heterocycles. The Hall–Kier alpha value is -0.600. The molecule has 1 aliphatic rings. The summed E-state index contributed by atoms with van der Waals surface area (Å²) < 4.78 is 14.0. The number of nitrogens with one attached hydrogen (secondary N) is 1. The predicted octanol–water partition coefficient (Wildman–Crippen LogP) is 4.58. The maximum absolute atomic E-state index is 14.0. The average molecular weight is 284 g/mol. The van der Waals surface area contributed by atoms with Crippen LogP contribution in [0.25, 0.3) is 0 Å². The van der Waals surface area contributed by atoms with E-state index in [1.807, 2.05) is 7.05 Å². The largest absolute Gasteiger partial charge is 0.316 e. The Morgan fingerprint density at radius 1 is 1.37 bits per heavy atom. The lowest BCUT2D eigenvalue weighted by Crippen LogP contribution is -2.43. The second-order valence-electron chi connectivity index (χ2n) is 5.67. The van der Waals surface area contributed by atoms with Crippen LogP contribution in [0.2, 0.25) is 5.02 Å². The van der Waals surface area contributed by atoms with E-state index in [2.05, 4.69) is 12.2 Å². The van der Waals surface area contributed by atoms with Gasteiger partial charge in [0.2, 0.25) is 0 Å². The van der Waals surface area contributed by atoms with Gasteiger partial charge in [0.1, 0.15) is 5.82 Å². The van der Waals surface area contributed by atoms with E-state index in [1.165, 1.54) is 31.7 Å². The molecule has 1 aliphatic carbocycles. The summed E-state index contributed by atoms with van der Waals surface area (Å²) in [5.41, 5.74) is 0.962. The second kappa shape index (κ2) is 6.23. The zero-order chi connectivity index (χ0) is 13.9. The van der Waals surface area contributed by atoms with Crippen LogP contribution in [-0.2, 0) is 6.42 Å². The lowest BCUT2D eigenvalue weighted by molar-refractivity contribution is 0.191. The predicted molar refractivity (Wildman–Crippen MR) is 79.2 cm³/mol. The molecular weight excluding hydrogens is 261 g/mol. The van der Waals surface area contributed by atoms with E-state index in [0.717, 1.165) is 6.42 Å². The highest BCUT2D eigenvalue weighted by Gasteiger charge is 2.39. The maximum Gasteiger partial charge on any atom is 0.127 e. The number of benzene rings is 1. The molecule has 1 aromatic carbocycles. The van der Waals surface area contributed by atoms with E-state index in [1.54, 1.807) is 12.1 Å². The van der Waals surface area contributed by atoms with Crippen molar-refractivity contribution >= 4 is 11.6 Å². The molecule has 0 spiro atoms. The number of hydrogen-bond donors (Lipinski definition) is 1. The van der Waals surface area contributed by atoms with Crippen molar-refractivity contribution in [2.75, 3.05) is 7.05 Å². The molecule has 1 saturated carbocycles. The van der Waals surface area contributed by atoms with Crippen molar-refractivity contribution in [2.45, 2.75) is 51.5 Å². The van der Waals surface area contributed by atoms with Gasteiger partial charge in [0.15, 0.2) is 0 Å². The van der Waals surface area contributed by atoms with Crippen molar-refractivity contribution in [3.63, 3.8) is 0 Å². The summed E-state index contributed by atoms with van der Waals surface area (Å²) in [7, 11) is 1.98. The topological polar surface area (TPSA) is 12.0 Å². The standard InChI is InChI=1S/C16H23ClFN/c1-3-16(9-4-5-10-16)15(19-2)11-12-13(17)7-6-8-14(12)18/h6-8,15,19H,3-5,9-11H2,1-2H3. The van der Waals surface area contributed by atoms with Gasteiger partial charge >= 0.3 is 0 Å². The molecule has 106 valence electrons. The minimum Gasteiger partial charge on any atom is -0.316 e. The van der Waals surface area contributed by atoms with E-state index >= 15 is 0 Å². The molecule has 19 heavy (non-hydrogen) atoms. The number of hydrogen-bond acceptors (Lipinski definition) is 1. The molecule has 0 aliphatic heterocycles. The lowest BCUT2D eigenvalue weighted by Gasteiger charge is -2.37. The van der Waals surface area contributed by atoms with Gasteiger partial charge in [-0.05, 0) is 50.3 Å². The smallest absolute Gasteiger partial charge is 0.127 e. The Bertz CT molecular complexity index is 407. The quantitative estimate of drug-likeness (QED) is 0.834. The number of rotatable bonds is 5.